The van der Waals surface area contributed by atoms with Crippen molar-refractivity contribution >= 4 is 17.6 Å². The highest BCUT2D eigenvalue weighted by molar-refractivity contribution is 5.99. The number of ketones is 1. The van der Waals surface area contributed by atoms with Crippen LogP contribution >= 0.6 is 0 Å². The van der Waals surface area contributed by atoms with Crippen molar-refractivity contribution in [2.24, 2.45) is 5.92 Å². The van der Waals surface area contributed by atoms with Crippen LogP contribution in [0.4, 0.5) is 0 Å². The fourth-order valence-electron chi connectivity index (χ4n) is 3.04. The number of aryl methyl sites for hydroxylation is 1. The van der Waals surface area contributed by atoms with E-state index in [0.717, 1.165) is 11.1 Å². The molecule has 0 aliphatic heterocycles. The van der Waals surface area contributed by atoms with Crippen molar-refractivity contribution in [2.45, 2.75) is 33.2 Å². The number of H-pyrrole nitrogens is 1. The monoisotopic (exact) mass is 423 g/mol. The van der Waals surface area contributed by atoms with Crippen molar-refractivity contribution in [2.75, 3.05) is 6.54 Å². The first-order valence-corrected chi connectivity index (χ1v) is 9.96. The van der Waals surface area contributed by atoms with E-state index in [1.807, 2.05) is 31.2 Å². The van der Waals surface area contributed by atoms with E-state index in [1.54, 1.807) is 32.2 Å². The summed E-state index contributed by atoms with van der Waals surface area (Å²) in [7, 11) is 0. The van der Waals surface area contributed by atoms with Gasteiger partial charge in [0.25, 0.3) is 11.8 Å². The van der Waals surface area contributed by atoms with E-state index in [1.165, 1.54) is 0 Å². The van der Waals surface area contributed by atoms with Crippen molar-refractivity contribution in [3.63, 3.8) is 0 Å². The summed E-state index contributed by atoms with van der Waals surface area (Å²) in [6, 6.07) is 10.3. The summed E-state index contributed by atoms with van der Waals surface area (Å²) in [6.07, 6.45) is 2.02. The molecule has 0 unspecified atom stereocenters. The molecule has 3 rings (SSSR count). The van der Waals surface area contributed by atoms with Gasteiger partial charge < -0.3 is 20.0 Å². The number of carbonyl (C=O) groups is 3. The van der Waals surface area contributed by atoms with Gasteiger partial charge in [-0.15, -0.1) is 10.2 Å². The van der Waals surface area contributed by atoms with Crippen molar-refractivity contribution in [3.05, 3.63) is 71.2 Å². The molecule has 2 aromatic heterocycles. The van der Waals surface area contributed by atoms with Crippen LogP contribution in [0.25, 0.3) is 0 Å². The Balaban J connectivity index is 1.60. The first kappa shape index (κ1) is 21.9. The average molecular weight is 423 g/mol. The van der Waals surface area contributed by atoms with Gasteiger partial charge in [-0.25, -0.2) is 0 Å². The van der Waals surface area contributed by atoms with Gasteiger partial charge in [-0.2, -0.15) is 0 Å². The number of benzene rings is 1. The van der Waals surface area contributed by atoms with Gasteiger partial charge in [0.2, 0.25) is 17.6 Å². The van der Waals surface area contributed by atoms with E-state index in [9.17, 15) is 14.4 Å². The molecule has 0 radical (unpaired) electrons. The SMILES string of the molecule is Cc1cccc(Cc2nnc(C(=O)[C@@H](NC(=O)CNC(=O)c3ccc[nH]3)C(C)C)o2)c1. The molecule has 3 N–H and O–H groups in total. The molecule has 3 aromatic rings. The molecule has 162 valence electrons. The second kappa shape index (κ2) is 9.84. The Bertz CT molecular complexity index is 1060. The zero-order valence-corrected chi connectivity index (χ0v) is 17.6. The van der Waals surface area contributed by atoms with E-state index in [4.69, 9.17) is 4.42 Å². The number of Topliss-reactive ketones (excluding diaryl/α,β-unsaturated/α-hetero) is 1. The van der Waals surface area contributed by atoms with Gasteiger partial charge in [-0.3, -0.25) is 14.4 Å². The number of hydrogen-bond acceptors (Lipinski definition) is 6. The van der Waals surface area contributed by atoms with E-state index < -0.39 is 23.6 Å². The van der Waals surface area contributed by atoms with Crippen LogP contribution < -0.4 is 10.6 Å². The van der Waals surface area contributed by atoms with Crippen LogP contribution in [-0.4, -0.2) is 45.4 Å². The lowest BCUT2D eigenvalue weighted by Crippen LogP contribution is -2.48. The fourth-order valence-corrected chi connectivity index (χ4v) is 3.04. The number of aromatic nitrogens is 3. The highest BCUT2D eigenvalue weighted by Gasteiger charge is 2.29. The number of carbonyl (C=O) groups excluding carboxylic acids is 3. The summed E-state index contributed by atoms with van der Waals surface area (Å²) in [5, 5.41) is 13.0. The zero-order chi connectivity index (χ0) is 22.4. The minimum absolute atomic E-state index is 0.155. The van der Waals surface area contributed by atoms with E-state index in [0.29, 0.717) is 18.0 Å². The molecule has 1 aromatic carbocycles. The Labute approximate surface area is 179 Å². The Morgan fingerprint density at radius 2 is 1.94 bits per heavy atom. The third kappa shape index (κ3) is 5.88. The number of rotatable bonds is 9. The smallest absolute Gasteiger partial charge is 0.286 e. The Kier molecular flexibility index (Phi) is 6.96. The van der Waals surface area contributed by atoms with Crippen LogP contribution in [-0.2, 0) is 11.2 Å². The summed E-state index contributed by atoms with van der Waals surface area (Å²) >= 11 is 0. The Hall–Kier alpha value is -3.75. The molecule has 0 fully saturated rings. The van der Waals surface area contributed by atoms with Crippen LogP contribution in [0, 0.1) is 12.8 Å². The van der Waals surface area contributed by atoms with Gasteiger partial charge >= 0.3 is 0 Å². The molecule has 0 saturated heterocycles. The number of aromatic amines is 1. The number of nitrogens with zero attached hydrogens (tertiary/aromatic N) is 2. The van der Waals surface area contributed by atoms with Crippen LogP contribution in [0.3, 0.4) is 0 Å². The van der Waals surface area contributed by atoms with Crippen LogP contribution in [0.2, 0.25) is 0 Å². The summed E-state index contributed by atoms with van der Waals surface area (Å²) in [4.78, 5) is 39.8. The second-order valence-electron chi connectivity index (χ2n) is 7.59. The maximum atomic E-state index is 12.9. The fraction of sp³-hybridized carbons (Fsp3) is 0.318. The van der Waals surface area contributed by atoms with Gasteiger partial charge in [0, 0.05) is 6.20 Å². The molecule has 0 aliphatic carbocycles. The van der Waals surface area contributed by atoms with Gasteiger partial charge in [0.05, 0.1) is 19.0 Å². The highest BCUT2D eigenvalue weighted by Crippen LogP contribution is 2.14. The number of amides is 2. The first-order chi connectivity index (χ1) is 14.8. The van der Waals surface area contributed by atoms with Crippen molar-refractivity contribution in [1.82, 2.24) is 25.8 Å². The third-order valence-electron chi connectivity index (χ3n) is 4.63. The van der Waals surface area contributed by atoms with Crippen molar-refractivity contribution in [3.8, 4) is 0 Å². The summed E-state index contributed by atoms with van der Waals surface area (Å²) in [5.74, 6) is -1.43. The van der Waals surface area contributed by atoms with Gasteiger partial charge in [0.1, 0.15) is 5.69 Å². The molecule has 31 heavy (non-hydrogen) atoms. The molecule has 0 saturated carbocycles. The minimum atomic E-state index is -0.859. The summed E-state index contributed by atoms with van der Waals surface area (Å²) in [5.41, 5.74) is 2.45. The molecule has 2 heterocycles. The summed E-state index contributed by atoms with van der Waals surface area (Å²) < 4.78 is 5.55. The molecule has 0 spiro atoms. The maximum absolute atomic E-state index is 12.9. The quantitative estimate of drug-likeness (QED) is 0.452. The minimum Gasteiger partial charge on any atom is -0.418 e. The maximum Gasteiger partial charge on any atom is 0.286 e. The Morgan fingerprint density at radius 3 is 2.61 bits per heavy atom. The molecular weight excluding hydrogens is 398 g/mol. The largest absolute Gasteiger partial charge is 0.418 e. The van der Waals surface area contributed by atoms with Crippen molar-refractivity contribution in [1.29, 1.82) is 0 Å². The van der Waals surface area contributed by atoms with E-state index in [-0.39, 0.29) is 18.4 Å². The predicted octanol–water partition coefficient (Wildman–Crippen LogP) is 2.05. The van der Waals surface area contributed by atoms with Gasteiger partial charge in [0.15, 0.2) is 0 Å². The van der Waals surface area contributed by atoms with Crippen molar-refractivity contribution < 1.29 is 18.8 Å². The lowest BCUT2D eigenvalue weighted by atomic mass is 9.99. The van der Waals surface area contributed by atoms with Crippen LogP contribution in [0.15, 0.2) is 47.0 Å². The van der Waals surface area contributed by atoms with Gasteiger partial charge in [-0.1, -0.05) is 43.7 Å². The van der Waals surface area contributed by atoms with Crippen LogP contribution in [0.1, 0.15) is 52.0 Å². The predicted molar refractivity (Wildman–Crippen MR) is 113 cm³/mol. The molecule has 0 bridgehead atoms. The third-order valence-corrected chi connectivity index (χ3v) is 4.63. The number of hydrogen-bond donors (Lipinski definition) is 3. The molecule has 2 amide bonds. The van der Waals surface area contributed by atoms with E-state index >= 15 is 0 Å². The standard InChI is InChI=1S/C22H25N5O4/c1-13(2)19(25-17(28)12-24-21(30)16-8-5-9-23-16)20(29)22-27-26-18(31-22)11-15-7-4-6-14(3)10-15/h4-10,13,19,23H,11-12H2,1-3H3,(H,24,30)(H,25,28)/t19-/m0/s1. The highest BCUT2D eigenvalue weighted by atomic mass is 16.4. The lowest BCUT2D eigenvalue weighted by Gasteiger charge is -2.19. The topological polar surface area (TPSA) is 130 Å². The molecular formula is C22H25N5O4. The Morgan fingerprint density at radius 1 is 1.13 bits per heavy atom. The zero-order valence-electron chi connectivity index (χ0n) is 17.6. The van der Waals surface area contributed by atoms with Crippen LogP contribution in [0.5, 0.6) is 0 Å². The lowest BCUT2D eigenvalue weighted by molar-refractivity contribution is -0.120. The number of nitrogens with one attached hydrogen (secondary N) is 3. The second-order valence-corrected chi connectivity index (χ2v) is 7.59. The first-order valence-electron chi connectivity index (χ1n) is 9.96. The molecule has 9 heteroatoms. The van der Waals surface area contributed by atoms with Gasteiger partial charge in [-0.05, 0) is 30.5 Å². The summed E-state index contributed by atoms with van der Waals surface area (Å²) in [6.45, 7) is 5.31. The molecule has 1 atom stereocenters. The normalized spacial score (nSPS) is 11.9. The average Bonchev–Trinajstić information content (AvgIpc) is 3.42. The molecule has 9 nitrogen and oxygen atoms in total. The molecule has 0 aliphatic rings. The van der Waals surface area contributed by atoms with E-state index in [2.05, 4.69) is 25.8 Å².